The van der Waals surface area contributed by atoms with Crippen molar-refractivity contribution in [3.63, 3.8) is 0 Å². The van der Waals surface area contributed by atoms with E-state index in [1.807, 2.05) is 23.0 Å². The molecule has 23 heavy (non-hydrogen) atoms. The van der Waals surface area contributed by atoms with Crippen LogP contribution < -0.4 is 4.74 Å². The Morgan fingerprint density at radius 3 is 3.00 bits per heavy atom. The summed E-state index contributed by atoms with van der Waals surface area (Å²) in [5.74, 6) is 0.868. The van der Waals surface area contributed by atoms with Crippen LogP contribution in [0.25, 0.3) is 0 Å². The summed E-state index contributed by atoms with van der Waals surface area (Å²) in [7, 11) is 1.69. The Hall–Kier alpha value is -1.85. The quantitative estimate of drug-likeness (QED) is 0.888. The second kappa shape index (κ2) is 7.15. The van der Waals surface area contributed by atoms with Crippen LogP contribution in [0.2, 0.25) is 0 Å². The van der Waals surface area contributed by atoms with Crippen molar-refractivity contribution in [3.05, 3.63) is 47.8 Å². The summed E-state index contributed by atoms with van der Waals surface area (Å²) >= 11 is 0. The molecule has 0 radical (unpaired) electrons. The third-order valence-electron chi connectivity index (χ3n) is 4.62. The molecule has 2 aromatic rings. The van der Waals surface area contributed by atoms with Gasteiger partial charge in [0.25, 0.3) is 0 Å². The summed E-state index contributed by atoms with van der Waals surface area (Å²) in [5, 5.41) is 14.5. The number of aliphatic hydroxyl groups is 1. The molecule has 1 aliphatic rings. The number of likely N-dealkylation sites (tertiary alicyclic amines) is 1. The molecule has 0 bridgehead atoms. The number of hydrogen-bond donors (Lipinski definition) is 1. The second-order valence-electron chi connectivity index (χ2n) is 6.07. The zero-order valence-corrected chi connectivity index (χ0v) is 13.9. The van der Waals surface area contributed by atoms with Gasteiger partial charge in [-0.15, -0.1) is 0 Å². The number of nitrogens with zero attached hydrogens (tertiary/aromatic N) is 3. The molecule has 0 amide bonds. The smallest absolute Gasteiger partial charge is 0.119 e. The summed E-state index contributed by atoms with van der Waals surface area (Å²) in [6.45, 7) is 4.65. The van der Waals surface area contributed by atoms with E-state index in [-0.39, 0.29) is 12.1 Å². The van der Waals surface area contributed by atoms with Gasteiger partial charge in [0.15, 0.2) is 0 Å². The summed E-state index contributed by atoms with van der Waals surface area (Å²) < 4.78 is 7.37. The Morgan fingerprint density at radius 2 is 2.22 bits per heavy atom. The number of aromatic nitrogens is 2. The Labute approximate surface area is 137 Å². The molecule has 1 aromatic carbocycles. The number of hydrogen-bond acceptors (Lipinski definition) is 4. The summed E-state index contributed by atoms with van der Waals surface area (Å²) in [4.78, 5) is 2.37. The number of aryl methyl sites for hydroxylation is 1. The minimum Gasteiger partial charge on any atom is -0.497 e. The Bertz CT molecular complexity index is 641. The summed E-state index contributed by atoms with van der Waals surface area (Å²) in [6.07, 6.45) is 3.32. The van der Waals surface area contributed by atoms with Crippen molar-refractivity contribution >= 4 is 0 Å². The maximum atomic E-state index is 10.1. The molecule has 1 saturated heterocycles. The molecular formula is C18H25N3O2. The molecule has 2 heterocycles. The highest BCUT2D eigenvalue weighted by molar-refractivity contribution is 5.31. The normalized spacial score (nSPS) is 21.7. The van der Waals surface area contributed by atoms with Crippen LogP contribution in [0, 0.1) is 0 Å². The number of benzene rings is 1. The van der Waals surface area contributed by atoms with Gasteiger partial charge in [-0.3, -0.25) is 9.58 Å². The standard InChI is InChI=1S/C18H25N3O2/c1-3-21-15(7-9-19-21)8-10-20-13-16(22)12-18(20)14-5-4-6-17(11-14)23-2/h4-7,9,11,16,18,22H,3,8,10,12-13H2,1-2H3/t16-,18+/m0/s1. The Kier molecular flexibility index (Phi) is 4.98. The number of rotatable bonds is 6. The maximum absolute atomic E-state index is 10.1. The number of aliphatic hydroxyl groups excluding tert-OH is 1. The minimum absolute atomic E-state index is 0.248. The molecule has 5 heteroatoms. The van der Waals surface area contributed by atoms with Crippen LogP contribution in [-0.2, 0) is 13.0 Å². The lowest BCUT2D eigenvalue weighted by atomic mass is 10.0. The molecule has 0 unspecified atom stereocenters. The zero-order valence-electron chi connectivity index (χ0n) is 13.9. The van der Waals surface area contributed by atoms with E-state index >= 15 is 0 Å². The van der Waals surface area contributed by atoms with Crippen molar-refractivity contribution in [2.75, 3.05) is 20.2 Å². The average Bonchev–Trinajstić information content (AvgIpc) is 3.18. The third kappa shape index (κ3) is 3.57. The van der Waals surface area contributed by atoms with Crippen molar-refractivity contribution in [1.82, 2.24) is 14.7 Å². The monoisotopic (exact) mass is 315 g/mol. The zero-order chi connectivity index (χ0) is 16.2. The van der Waals surface area contributed by atoms with Crippen LogP contribution in [-0.4, -0.2) is 46.1 Å². The molecular weight excluding hydrogens is 290 g/mol. The molecule has 1 N–H and O–H groups in total. The molecule has 124 valence electrons. The van der Waals surface area contributed by atoms with Gasteiger partial charge in [0.05, 0.1) is 13.2 Å². The first-order valence-electron chi connectivity index (χ1n) is 8.28. The topological polar surface area (TPSA) is 50.5 Å². The Balaban J connectivity index is 1.72. The minimum atomic E-state index is -0.262. The van der Waals surface area contributed by atoms with E-state index in [9.17, 15) is 5.11 Å². The van der Waals surface area contributed by atoms with Crippen LogP contribution in [0.15, 0.2) is 36.5 Å². The number of ether oxygens (including phenoxy) is 1. The van der Waals surface area contributed by atoms with Crippen molar-refractivity contribution in [1.29, 1.82) is 0 Å². The van der Waals surface area contributed by atoms with E-state index in [4.69, 9.17) is 4.74 Å². The van der Waals surface area contributed by atoms with E-state index in [1.165, 1.54) is 11.3 Å². The summed E-state index contributed by atoms with van der Waals surface area (Å²) in [6, 6.07) is 10.5. The van der Waals surface area contributed by atoms with Gasteiger partial charge >= 0.3 is 0 Å². The average molecular weight is 315 g/mol. The molecule has 1 aliphatic heterocycles. The molecule has 0 spiro atoms. The van der Waals surface area contributed by atoms with Crippen molar-refractivity contribution < 1.29 is 9.84 Å². The van der Waals surface area contributed by atoms with E-state index in [2.05, 4.69) is 35.1 Å². The lowest BCUT2D eigenvalue weighted by Gasteiger charge is -2.24. The van der Waals surface area contributed by atoms with Crippen LogP contribution >= 0.6 is 0 Å². The molecule has 1 aromatic heterocycles. The van der Waals surface area contributed by atoms with Gasteiger partial charge in [0.1, 0.15) is 5.75 Å². The van der Waals surface area contributed by atoms with E-state index < -0.39 is 0 Å². The fourth-order valence-electron chi connectivity index (χ4n) is 3.44. The molecule has 1 fully saturated rings. The predicted molar refractivity (Wildman–Crippen MR) is 89.5 cm³/mol. The molecule has 0 saturated carbocycles. The SMILES string of the molecule is CCn1nccc1CCN1C[C@@H](O)C[C@@H]1c1cccc(OC)c1. The molecule has 3 rings (SSSR count). The molecule has 0 aliphatic carbocycles. The van der Waals surface area contributed by atoms with Crippen LogP contribution in [0.3, 0.4) is 0 Å². The van der Waals surface area contributed by atoms with Gasteiger partial charge in [-0.2, -0.15) is 5.10 Å². The maximum Gasteiger partial charge on any atom is 0.119 e. The van der Waals surface area contributed by atoms with E-state index in [0.29, 0.717) is 0 Å². The highest BCUT2D eigenvalue weighted by Gasteiger charge is 2.31. The van der Waals surface area contributed by atoms with Gasteiger partial charge in [0, 0.05) is 44.0 Å². The fraction of sp³-hybridized carbons (Fsp3) is 0.500. The Morgan fingerprint density at radius 1 is 1.35 bits per heavy atom. The van der Waals surface area contributed by atoms with Crippen molar-refractivity contribution in [2.24, 2.45) is 0 Å². The van der Waals surface area contributed by atoms with Gasteiger partial charge < -0.3 is 9.84 Å². The predicted octanol–water partition coefficient (Wildman–Crippen LogP) is 2.26. The third-order valence-corrected chi connectivity index (χ3v) is 4.62. The second-order valence-corrected chi connectivity index (χ2v) is 6.07. The number of methoxy groups -OCH3 is 1. The van der Waals surface area contributed by atoms with Crippen LogP contribution in [0.5, 0.6) is 5.75 Å². The van der Waals surface area contributed by atoms with Gasteiger partial charge in [0.2, 0.25) is 0 Å². The van der Waals surface area contributed by atoms with Gasteiger partial charge in [-0.1, -0.05) is 12.1 Å². The first-order valence-corrected chi connectivity index (χ1v) is 8.28. The van der Waals surface area contributed by atoms with Gasteiger partial charge in [-0.25, -0.2) is 0 Å². The molecule has 5 nitrogen and oxygen atoms in total. The first kappa shape index (κ1) is 16.0. The first-order chi connectivity index (χ1) is 11.2. The van der Waals surface area contributed by atoms with Crippen molar-refractivity contribution in [2.45, 2.75) is 38.5 Å². The highest BCUT2D eigenvalue weighted by Crippen LogP contribution is 2.33. The van der Waals surface area contributed by atoms with E-state index in [1.54, 1.807) is 7.11 Å². The fourth-order valence-corrected chi connectivity index (χ4v) is 3.44. The number of β-amino-alcohol motifs (C(OH)–C–C–N with tert-alkyl or cyclic N) is 1. The lowest BCUT2D eigenvalue weighted by Crippen LogP contribution is -2.27. The van der Waals surface area contributed by atoms with E-state index in [0.717, 1.165) is 38.2 Å². The van der Waals surface area contributed by atoms with Gasteiger partial charge in [-0.05, 0) is 37.1 Å². The van der Waals surface area contributed by atoms with Crippen LogP contribution in [0.1, 0.15) is 30.6 Å². The van der Waals surface area contributed by atoms with Crippen LogP contribution in [0.4, 0.5) is 0 Å². The molecule has 2 atom stereocenters. The highest BCUT2D eigenvalue weighted by atomic mass is 16.5. The summed E-state index contributed by atoms with van der Waals surface area (Å²) in [5.41, 5.74) is 2.46. The lowest BCUT2D eigenvalue weighted by molar-refractivity contribution is 0.175. The van der Waals surface area contributed by atoms with Crippen molar-refractivity contribution in [3.8, 4) is 5.75 Å². The largest absolute Gasteiger partial charge is 0.497 e.